The first-order chi connectivity index (χ1) is 22.2. The number of amides is 1. The largest absolute Gasteiger partial charge is 0.481 e. The number of carboxylic acid groups (broad SMARTS) is 2. The molecule has 0 aliphatic heterocycles. The summed E-state index contributed by atoms with van der Waals surface area (Å²) in [5, 5.41) is 23.5. The SMILES string of the molecule is CC(C(CC=Cc1ccc2ccccc2c1)c1ccc(N)cc1)N(Cc1ccc2ccccc2c1)C(=O)CC(CC(=O)O)C(=O)O. The van der Waals surface area contributed by atoms with Gasteiger partial charge in [0.05, 0.1) is 12.3 Å². The van der Waals surface area contributed by atoms with E-state index < -0.39 is 36.6 Å². The first-order valence-electron chi connectivity index (χ1n) is 15.4. The van der Waals surface area contributed by atoms with Crippen molar-refractivity contribution in [1.29, 1.82) is 0 Å². The van der Waals surface area contributed by atoms with Crippen molar-refractivity contribution in [1.82, 2.24) is 4.90 Å². The van der Waals surface area contributed by atoms with Crippen LogP contribution in [0.15, 0.2) is 115 Å². The first kappa shape index (κ1) is 32.0. The summed E-state index contributed by atoms with van der Waals surface area (Å²) in [6, 6.07) is 35.7. The fraction of sp³-hybridized carbons (Fsp3) is 0.205. The molecule has 46 heavy (non-hydrogen) atoms. The molecule has 0 radical (unpaired) electrons. The highest BCUT2D eigenvalue weighted by Crippen LogP contribution is 2.31. The van der Waals surface area contributed by atoms with E-state index in [0.717, 1.165) is 32.8 Å². The summed E-state index contributed by atoms with van der Waals surface area (Å²) in [4.78, 5) is 39.1. The van der Waals surface area contributed by atoms with Crippen LogP contribution < -0.4 is 5.73 Å². The molecule has 0 saturated carbocycles. The molecule has 4 N–H and O–H groups in total. The highest BCUT2D eigenvalue weighted by molar-refractivity contribution is 5.86. The number of carboxylic acids is 2. The van der Waals surface area contributed by atoms with Gasteiger partial charge in [-0.25, -0.2) is 0 Å². The average Bonchev–Trinajstić information content (AvgIpc) is 3.05. The fourth-order valence-electron chi connectivity index (χ4n) is 6.01. The van der Waals surface area contributed by atoms with Gasteiger partial charge >= 0.3 is 11.9 Å². The predicted molar refractivity (Wildman–Crippen MR) is 183 cm³/mol. The molecule has 7 heteroatoms. The van der Waals surface area contributed by atoms with E-state index in [-0.39, 0.29) is 18.5 Å². The molecule has 3 atom stereocenters. The molecule has 5 rings (SSSR count). The van der Waals surface area contributed by atoms with Crippen molar-refractivity contribution in [3.05, 3.63) is 132 Å². The van der Waals surface area contributed by atoms with Gasteiger partial charge in [0.1, 0.15) is 0 Å². The van der Waals surface area contributed by atoms with Crippen LogP contribution >= 0.6 is 0 Å². The minimum Gasteiger partial charge on any atom is -0.481 e. The summed E-state index contributed by atoms with van der Waals surface area (Å²) in [6.45, 7) is 2.21. The Morgan fingerprint density at radius 3 is 2.00 bits per heavy atom. The van der Waals surface area contributed by atoms with Gasteiger partial charge in [0, 0.05) is 30.6 Å². The molecule has 7 nitrogen and oxygen atoms in total. The van der Waals surface area contributed by atoms with Crippen molar-refractivity contribution in [3.8, 4) is 0 Å². The topological polar surface area (TPSA) is 121 Å². The number of fused-ring (bicyclic) bond motifs is 2. The molecule has 0 aliphatic carbocycles. The average molecular weight is 615 g/mol. The van der Waals surface area contributed by atoms with Gasteiger partial charge in [-0.3, -0.25) is 14.4 Å². The molecule has 0 aliphatic rings. The minimum atomic E-state index is -1.33. The number of anilines is 1. The number of hydrogen-bond donors (Lipinski definition) is 3. The summed E-state index contributed by atoms with van der Waals surface area (Å²) in [5.74, 6) is -4.47. The Labute approximate surface area is 268 Å². The van der Waals surface area contributed by atoms with Crippen molar-refractivity contribution >= 4 is 51.2 Å². The van der Waals surface area contributed by atoms with E-state index in [1.807, 2.05) is 85.8 Å². The second-order valence-corrected chi connectivity index (χ2v) is 11.8. The molecular weight excluding hydrogens is 576 g/mol. The monoisotopic (exact) mass is 614 g/mol. The van der Waals surface area contributed by atoms with E-state index in [9.17, 15) is 24.6 Å². The molecule has 0 spiro atoms. The summed E-state index contributed by atoms with van der Waals surface area (Å²) < 4.78 is 0. The molecule has 1 amide bonds. The quantitative estimate of drug-likeness (QED) is 0.117. The zero-order valence-electron chi connectivity index (χ0n) is 25.8. The second kappa shape index (κ2) is 14.6. The van der Waals surface area contributed by atoms with Crippen molar-refractivity contribution in [2.45, 2.75) is 44.7 Å². The lowest BCUT2D eigenvalue weighted by Crippen LogP contribution is -2.43. The van der Waals surface area contributed by atoms with Gasteiger partial charge < -0.3 is 20.8 Å². The lowest BCUT2D eigenvalue weighted by molar-refractivity contribution is -0.151. The van der Waals surface area contributed by atoms with E-state index in [4.69, 9.17) is 5.73 Å². The third-order valence-electron chi connectivity index (χ3n) is 8.59. The van der Waals surface area contributed by atoms with E-state index in [1.54, 1.807) is 4.90 Å². The standard InChI is InChI=1S/C39H38N2O5/c1-26(36(31-17-19-35(40)20-18-31)12-6-7-27-13-15-29-8-2-4-10-32(29)21-27)41(37(42)23-34(39(45)46)24-38(43)44)25-28-14-16-30-9-3-5-11-33(30)22-28/h2-11,13-22,26,34,36H,12,23-25,40H2,1H3,(H,43,44)(H,45,46). The van der Waals surface area contributed by atoms with Gasteiger partial charge in [-0.05, 0) is 75.8 Å². The Morgan fingerprint density at radius 2 is 1.37 bits per heavy atom. The Bertz CT molecular complexity index is 1880. The highest BCUT2D eigenvalue weighted by atomic mass is 16.4. The maximum absolute atomic E-state index is 14.0. The normalized spacial score (nSPS) is 13.4. The number of benzene rings is 5. The van der Waals surface area contributed by atoms with Gasteiger partial charge in [-0.15, -0.1) is 0 Å². The number of carbonyl (C=O) groups excluding carboxylic acids is 1. The summed E-state index contributed by atoms with van der Waals surface area (Å²) in [5.41, 5.74) is 9.59. The molecular formula is C39H38N2O5. The van der Waals surface area contributed by atoms with E-state index in [2.05, 4.69) is 42.5 Å². The van der Waals surface area contributed by atoms with E-state index in [1.165, 1.54) is 5.39 Å². The minimum absolute atomic E-state index is 0.163. The molecule has 0 heterocycles. The number of nitrogens with zero attached hydrogens (tertiary/aromatic N) is 1. The molecule has 0 saturated heterocycles. The van der Waals surface area contributed by atoms with Crippen molar-refractivity contribution < 1.29 is 24.6 Å². The number of hydrogen-bond acceptors (Lipinski definition) is 4. The third-order valence-corrected chi connectivity index (χ3v) is 8.59. The van der Waals surface area contributed by atoms with Crippen LogP contribution in [0.1, 0.15) is 48.8 Å². The molecule has 0 bridgehead atoms. The number of aliphatic carboxylic acids is 2. The Morgan fingerprint density at radius 1 is 0.761 bits per heavy atom. The molecule has 0 fully saturated rings. The fourth-order valence-corrected chi connectivity index (χ4v) is 6.01. The van der Waals surface area contributed by atoms with Crippen LogP contribution in [0, 0.1) is 5.92 Å². The van der Waals surface area contributed by atoms with Crippen LogP contribution in [0.3, 0.4) is 0 Å². The molecule has 234 valence electrons. The Hall–Kier alpha value is -5.43. The number of nitrogens with two attached hydrogens (primary N) is 1. The zero-order valence-corrected chi connectivity index (χ0v) is 25.8. The molecule has 5 aromatic carbocycles. The highest BCUT2D eigenvalue weighted by Gasteiger charge is 2.32. The summed E-state index contributed by atoms with van der Waals surface area (Å²) in [6.07, 6.45) is 3.73. The maximum atomic E-state index is 14.0. The van der Waals surface area contributed by atoms with Crippen LogP contribution in [0.4, 0.5) is 5.69 Å². The lowest BCUT2D eigenvalue weighted by Gasteiger charge is -2.36. The lowest BCUT2D eigenvalue weighted by atomic mass is 9.87. The number of nitrogen functional groups attached to an aromatic ring is 1. The second-order valence-electron chi connectivity index (χ2n) is 11.8. The van der Waals surface area contributed by atoms with Crippen LogP contribution in [0.25, 0.3) is 27.6 Å². The predicted octanol–water partition coefficient (Wildman–Crippen LogP) is 7.75. The van der Waals surface area contributed by atoms with Crippen LogP contribution in [-0.4, -0.2) is 39.0 Å². The van der Waals surface area contributed by atoms with Gasteiger partial charge in [-0.1, -0.05) is 97.1 Å². The summed E-state index contributed by atoms with van der Waals surface area (Å²) >= 11 is 0. The van der Waals surface area contributed by atoms with Gasteiger partial charge in [0.15, 0.2) is 0 Å². The van der Waals surface area contributed by atoms with Gasteiger partial charge in [0.2, 0.25) is 5.91 Å². The number of rotatable bonds is 13. The molecule has 5 aromatic rings. The molecule has 0 aromatic heterocycles. The Balaban J connectivity index is 1.48. The van der Waals surface area contributed by atoms with E-state index >= 15 is 0 Å². The van der Waals surface area contributed by atoms with Crippen LogP contribution in [0.2, 0.25) is 0 Å². The molecule has 3 unspecified atom stereocenters. The van der Waals surface area contributed by atoms with Gasteiger partial charge in [-0.2, -0.15) is 0 Å². The van der Waals surface area contributed by atoms with Crippen LogP contribution in [0.5, 0.6) is 0 Å². The number of carbonyl (C=O) groups is 3. The van der Waals surface area contributed by atoms with Crippen molar-refractivity contribution in [2.24, 2.45) is 5.92 Å². The first-order valence-corrected chi connectivity index (χ1v) is 15.4. The third kappa shape index (κ3) is 7.99. The van der Waals surface area contributed by atoms with Crippen LogP contribution in [-0.2, 0) is 20.9 Å². The maximum Gasteiger partial charge on any atom is 0.307 e. The smallest absolute Gasteiger partial charge is 0.307 e. The summed E-state index contributed by atoms with van der Waals surface area (Å²) in [7, 11) is 0. The Kier molecular flexibility index (Phi) is 10.1. The van der Waals surface area contributed by atoms with E-state index in [0.29, 0.717) is 12.1 Å². The number of allylic oxidation sites excluding steroid dienone is 1. The zero-order chi connectivity index (χ0) is 32.6. The van der Waals surface area contributed by atoms with Crippen molar-refractivity contribution in [3.63, 3.8) is 0 Å². The van der Waals surface area contributed by atoms with Crippen molar-refractivity contribution in [2.75, 3.05) is 5.73 Å². The van der Waals surface area contributed by atoms with Gasteiger partial charge in [0.25, 0.3) is 0 Å².